The van der Waals surface area contributed by atoms with Crippen LogP contribution in [0.25, 0.3) is 20.9 Å². The zero-order valence-electron chi connectivity index (χ0n) is 21.7. The molecule has 3 aromatic heterocycles. The van der Waals surface area contributed by atoms with E-state index in [0.717, 1.165) is 69.7 Å². The monoisotopic (exact) mass is 526 g/mol. The molecule has 0 aliphatic carbocycles. The molecule has 0 amide bonds. The van der Waals surface area contributed by atoms with Gasteiger partial charge in [0.15, 0.2) is 5.82 Å². The van der Waals surface area contributed by atoms with E-state index in [4.69, 9.17) is 14.5 Å². The third-order valence-corrected chi connectivity index (χ3v) is 7.03. The minimum Gasteiger partial charge on any atom is -0.455 e. The van der Waals surface area contributed by atoms with Crippen LogP contribution in [-0.2, 0) is 11.2 Å². The van der Waals surface area contributed by atoms with Crippen LogP contribution in [0.4, 0.5) is 11.5 Å². The van der Waals surface area contributed by atoms with Crippen molar-refractivity contribution in [2.75, 3.05) is 32.1 Å². The lowest BCUT2D eigenvalue weighted by Crippen LogP contribution is -2.21. The van der Waals surface area contributed by atoms with Crippen LogP contribution < -0.4 is 15.4 Å². The van der Waals surface area contributed by atoms with Gasteiger partial charge in [-0.1, -0.05) is 35.6 Å². The Kier molecular flexibility index (Phi) is 8.18. The maximum absolute atomic E-state index is 6.00. The minimum absolute atomic E-state index is 0.673. The van der Waals surface area contributed by atoms with Crippen molar-refractivity contribution in [2.45, 2.75) is 20.3 Å². The summed E-state index contributed by atoms with van der Waals surface area (Å²) in [4.78, 5) is 18.9. The summed E-state index contributed by atoms with van der Waals surface area (Å²) in [5.74, 6) is 2.16. The van der Waals surface area contributed by atoms with Crippen LogP contribution in [0.3, 0.4) is 0 Å². The van der Waals surface area contributed by atoms with Crippen molar-refractivity contribution in [3.8, 4) is 22.1 Å². The fourth-order valence-electron chi connectivity index (χ4n) is 3.93. The summed E-state index contributed by atoms with van der Waals surface area (Å²) in [6.45, 7) is 6.47. The molecule has 0 fully saturated rings. The molecular formula is C29H30N6O2S. The average molecular weight is 527 g/mol. The summed E-state index contributed by atoms with van der Waals surface area (Å²) in [7, 11) is 1.71. The van der Waals surface area contributed by atoms with E-state index < -0.39 is 0 Å². The lowest BCUT2D eigenvalue weighted by Gasteiger charge is -2.11. The molecule has 0 aliphatic heterocycles. The molecule has 0 aliphatic rings. The van der Waals surface area contributed by atoms with Gasteiger partial charge in [0.1, 0.15) is 33.2 Å². The summed E-state index contributed by atoms with van der Waals surface area (Å²) < 4.78 is 11.1. The van der Waals surface area contributed by atoms with Crippen LogP contribution in [0.5, 0.6) is 11.5 Å². The predicted molar refractivity (Wildman–Crippen MR) is 153 cm³/mol. The van der Waals surface area contributed by atoms with Gasteiger partial charge in [-0.2, -0.15) is 0 Å². The van der Waals surface area contributed by atoms with Crippen LogP contribution in [0.15, 0.2) is 67.1 Å². The van der Waals surface area contributed by atoms with Gasteiger partial charge in [0.2, 0.25) is 0 Å². The van der Waals surface area contributed by atoms with Crippen molar-refractivity contribution in [1.29, 1.82) is 0 Å². The van der Waals surface area contributed by atoms with E-state index in [1.807, 2.05) is 44.2 Å². The summed E-state index contributed by atoms with van der Waals surface area (Å²) in [6.07, 6.45) is 4.27. The maximum Gasteiger partial charge on any atom is 0.161 e. The second-order valence-electron chi connectivity index (χ2n) is 8.93. The lowest BCUT2D eigenvalue weighted by atomic mass is 10.1. The number of ether oxygens (including phenoxy) is 2. The van der Waals surface area contributed by atoms with Gasteiger partial charge >= 0.3 is 0 Å². The number of methoxy groups -OCH3 is 1. The van der Waals surface area contributed by atoms with Gasteiger partial charge in [-0.15, -0.1) is 0 Å². The molecule has 0 unspecified atom stereocenters. The molecular weight excluding hydrogens is 496 g/mol. The number of rotatable bonds is 11. The van der Waals surface area contributed by atoms with E-state index in [1.165, 1.54) is 5.56 Å². The highest BCUT2D eigenvalue weighted by Gasteiger charge is 2.13. The Morgan fingerprint density at radius 3 is 2.55 bits per heavy atom. The SMILES string of the molecule is COCCNCCc1ccc(-c2nc3c(Nc4ccc(Oc5ccc(C)nc5)c(C)c4)ncnc3s2)cc1. The first-order chi connectivity index (χ1) is 18.6. The molecule has 2 N–H and O–H groups in total. The number of nitrogens with zero attached hydrogens (tertiary/aromatic N) is 4. The molecule has 0 saturated carbocycles. The Labute approximate surface area is 226 Å². The quantitative estimate of drug-likeness (QED) is 0.200. The number of hydrogen-bond donors (Lipinski definition) is 2. The van der Waals surface area contributed by atoms with Gasteiger partial charge in [0, 0.05) is 30.6 Å². The first-order valence-corrected chi connectivity index (χ1v) is 13.3. The maximum atomic E-state index is 6.00. The Morgan fingerprint density at radius 1 is 0.921 bits per heavy atom. The molecule has 0 spiro atoms. The summed E-state index contributed by atoms with van der Waals surface area (Å²) in [5, 5.41) is 7.70. The Balaban J connectivity index is 1.28. The van der Waals surface area contributed by atoms with Crippen molar-refractivity contribution in [3.05, 3.63) is 83.9 Å². The first kappa shape index (κ1) is 25.7. The molecule has 2 aromatic carbocycles. The average Bonchev–Trinajstić information content (AvgIpc) is 3.37. The molecule has 0 radical (unpaired) electrons. The van der Waals surface area contributed by atoms with Gasteiger partial charge in [0.25, 0.3) is 0 Å². The van der Waals surface area contributed by atoms with Crippen molar-refractivity contribution < 1.29 is 9.47 Å². The molecule has 0 atom stereocenters. The third kappa shape index (κ3) is 6.31. The zero-order chi connectivity index (χ0) is 26.3. The molecule has 38 heavy (non-hydrogen) atoms. The van der Waals surface area contributed by atoms with Crippen molar-refractivity contribution in [1.82, 2.24) is 25.3 Å². The van der Waals surface area contributed by atoms with Gasteiger partial charge in [-0.05, 0) is 68.3 Å². The molecule has 9 heteroatoms. The molecule has 0 bridgehead atoms. The second kappa shape index (κ2) is 12.1. The van der Waals surface area contributed by atoms with Crippen LogP contribution in [0, 0.1) is 13.8 Å². The van der Waals surface area contributed by atoms with E-state index in [1.54, 1.807) is 31.0 Å². The van der Waals surface area contributed by atoms with Crippen LogP contribution in [-0.4, -0.2) is 46.7 Å². The molecule has 194 valence electrons. The number of benzene rings is 2. The molecule has 5 rings (SSSR count). The lowest BCUT2D eigenvalue weighted by molar-refractivity contribution is 0.199. The fraction of sp³-hybridized carbons (Fsp3) is 0.241. The molecule has 5 aromatic rings. The Morgan fingerprint density at radius 2 is 1.79 bits per heavy atom. The van der Waals surface area contributed by atoms with E-state index in [0.29, 0.717) is 11.6 Å². The fourth-order valence-corrected chi connectivity index (χ4v) is 4.85. The van der Waals surface area contributed by atoms with E-state index >= 15 is 0 Å². The van der Waals surface area contributed by atoms with Gasteiger partial charge in [-0.25, -0.2) is 15.0 Å². The van der Waals surface area contributed by atoms with Gasteiger partial charge in [0.05, 0.1) is 12.8 Å². The zero-order valence-corrected chi connectivity index (χ0v) is 22.5. The smallest absolute Gasteiger partial charge is 0.161 e. The Hall–Kier alpha value is -3.92. The van der Waals surface area contributed by atoms with Gasteiger partial charge < -0.3 is 20.1 Å². The minimum atomic E-state index is 0.673. The highest BCUT2D eigenvalue weighted by atomic mass is 32.1. The molecule has 3 heterocycles. The number of hydrogen-bond acceptors (Lipinski definition) is 9. The predicted octanol–water partition coefficient (Wildman–Crippen LogP) is 6.08. The second-order valence-corrected chi connectivity index (χ2v) is 9.90. The summed E-state index contributed by atoms with van der Waals surface area (Å²) >= 11 is 1.56. The van der Waals surface area contributed by atoms with Crippen molar-refractivity contribution >= 4 is 33.2 Å². The number of anilines is 2. The summed E-state index contributed by atoms with van der Waals surface area (Å²) in [5.41, 5.74) is 5.95. The van der Waals surface area contributed by atoms with E-state index in [-0.39, 0.29) is 0 Å². The normalized spacial score (nSPS) is 11.1. The van der Waals surface area contributed by atoms with Crippen LogP contribution in [0.1, 0.15) is 16.8 Å². The highest BCUT2D eigenvalue weighted by Crippen LogP contribution is 2.34. The standard InChI is InChI=1S/C29H30N6O2S/c1-19-16-23(9-11-25(19)37-24-10-4-20(2)31-17-24)34-27-26-29(33-18-32-27)38-28(35-26)22-7-5-21(6-8-22)12-13-30-14-15-36-3/h4-11,16-18,30H,12-15H2,1-3H3,(H,32,33,34). The molecule has 0 saturated heterocycles. The number of aryl methyl sites for hydroxylation is 2. The summed E-state index contributed by atoms with van der Waals surface area (Å²) in [6, 6.07) is 18.3. The van der Waals surface area contributed by atoms with Gasteiger partial charge in [-0.3, -0.25) is 4.98 Å². The number of aromatic nitrogens is 4. The molecule has 8 nitrogen and oxygen atoms in total. The first-order valence-electron chi connectivity index (χ1n) is 12.5. The highest BCUT2D eigenvalue weighted by molar-refractivity contribution is 7.21. The largest absolute Gasteiger partial charge is 0.455 e. The van der Waals surface area contributed by atoms with E-state index in [2.05, 4.69) is 49.9 Å². The number of fused-ring (bicyclic) bond motifs is 1. The van der Waals surface area contributed by atoms with Crippen LogP contribution in [0.2, 0.25) is 0 Å². The number of nitrogens with one attached hydrogen (secondary N) is 2. The third-order valence-electron chi connectivity index (χ3n) is 6.02. The van der Waals surface area contributed by atoms with Crippen molar-refractivity contribution in [2.24, 2.45) is 0 Å². The van der Waals surface area contributed by atoms with E-state index in [9.17, 15) is 0 Å². The van der Waals surface area contributed by atoms with Crippen molar-refractivity contribution in [3.63, 3.8) is 0 Å². The topological polar surface area (TPSA) is 94.1 Å². The van der Waals surface area contributed by atoms with Crippen LogP contribution >= 0.6 is 11.3 Å². The Bertz CT molecular complexity index is 1500. The number of pyridine rings is 1. The number of thiazole rings is 1.